The molecule has 0 fully saturated rings. The average molecular weight is 242 g/mol. The molecule has 0 unspecified atom stereocenters. The van der Waals surface area contributed by atoms with Gasteiger partial charge in [-0.1, -0.05) is 11.6 Å². The van der Waals surface area contributed by atoms with E-state index in [-0.39, 0.29) is 18.0 Å². The number of rotatable bonds is 3. The molecule has 0 aliphatic heterocycles. The van der Waals surface area contributed by atoms with Crippen LogP contribution in [-0.4, -0.2) is 23.0 Å². The lowest BCUT2D eigenvalue weighted by atomic mass is 10.1. The van der Waals surface area contributed by atoms with Crippen molar-refractivity contribution in [2.24, 2.45) is 0 Å². The van der Waals surface area contributed by atoms with E-state index in [1.807, 2.05) is 20.8 Å². The smallest absolute Gasteiger partial charge is 0.239 e. The van der Waals surface area contributed by atoms with Gasteiger partial charge in [0, 0.05) is 17.9 Å². The van der Waals surface area contributed by atoms with Crippen molar-refractivity contribution in [3.8, 4) is 0 Å². The SMILES string of the molecule is CC(C)(C)NC(=O)CNc1ccncc1Cl. The summed E-state index contributed by atoms with van der Waals surface area (Å²) in [4.78, 5) is 15.4. The Balaban J connectivity index is 2.47. The molecule has 1 heterocycles. The number of hydrogen-bond donors (Lipinski definition) is 2. The molecule has 0 aliphatic rings. The van der Waals surface area contributed by atoms with Crippen LogP contribution in [0.2, 0.25) is 5.02 Å². The van der Waals surface area contributed by atoms with Crippen LogP contribution in [0.3, 0.4) is 0 Å². The number of halogens is 1. The monoisotopic (exact) mass is 241 g/mol. The standard InChI is InChI=1S/C11H16ClN3O/c1-11(2,3)15-10(16)7-14-9-4-5-13-6-8(9)12/h4-6H,7H2,1-3H3,(H,13,14)(H,15,16). The van der Waals surface area contributed by atoms with E-state index < -0.39 is 0 Å². The van der Waals surface area contributed by atoms with Gasteiger partial charge < -0.3 is 10.6 Å². The second-order valence-corrected chi connectivity index (χ2v) is 4.91. The minimum atomic E-state index is -0.221. The highest BCUT2D eigenvalue weighted by Crippen LogP contribution is 2.18. The maximum absolute atomic E-state index is 11.5. The predicted molar refractivity (Wildman–Crippen MR) is 65.6 cm³/mol. The van der Waals surface area contributed by atoms with Crippen LogP contribution in [0.15, 0.2) is 18.5 Å². The fraction of sp³-hybridized carbons (Fsp3) is 0.455. The van der Waals surface area contributed by atoms with Crippen LogP contribution in [-0.2, 0) is 4.79 Å². The maximum Gasteiger partial charge on any atom is 0.239 e. The van der Waals surface area contributed by atoms with Crippen molar-refractivity contribution >= 4 is 23.2 Å². The molecule has 2 N–H and O–H groups in total. The number of nitrogens with zero attached hydrogens (tertiary/aromatic N) is 1. The first kappa shape index (κ1) is 12.8. The van der Waals surface area contributed by atoms with Gasteiger partial charge in [-0.15, -0.1) is 0 Å². The van der Waals surface area contributed by atoms with Gasteiger partial charge in [0.1, 0.15) is 0 Å². The second-order valence-electron chi connectivity index (χ2n) is 4.51. The van der Waals surface area contributed by atoms with Gasteiger partial charge in [-0.05, 0) is 26.8 Å². The highest BCUT2D eigenvalue weighted by atomic mass is 35.5. The van der Waals surface area contributed by atoms with Crippen molar-refractivity contribution in [3.63, 3.8) is 0 Å². The van der Waals surface area contributed by atoms with Crippen molar-refractivity contribution in [1.29, 1.82) is 0 Å². The van der Waals surface area contributed by atoms with Crippen LogP contribution >= 0.6 is 11.6 Å². The van der Waals surface area contributed by atoms with Crippen LogP contribution < -0.4 is 10.6 Å². The third-order valence-corrected chi connectivity index (χ3v) is 2.03. The minimum absolute atomic E-state index is 0.0691. The van der Waals surface area contributed by atoms with Crippen LogP contribution in [0.25, 0.3) is 0 Å². The van der Waals surface area contributed by atoms with Crippen molar-refractivity contribution in [2.45, 2.75) is 26.3 Å². The lowest BCUT2D eigenvalue weighted by Crippen LogP contribution is -2.43. The summed E-state index contributed by atoms with van der Waals surface area (Å²) in [5, 5.41) is 6.31. The molecular formula is C11H16ClN3O. The van der Waals surface area contributed by atoms with Gasteiger partial charge in [-0.3, -0.25) is 9.78 Å². The molecule has 88 valence electrons. The third kappa shape index (κ3) is 4.49. The summed E-state index contributed by atoms with van der Waals surface area (Å²) in [5.41, 5.74) is 0.488. The van der Waals surface area contributed by atoms with E-state index in [0.29, 0.717) is 10.7 Å². The van der Waals surface area contributed by atoms with Crippen LogP contribution in [0, 0.1) is 0 Å². The van der Waals surface area contributed by atoms with E-state index in [4.69, 9.17) is 11.6 Å². The maximum atomic E-state index is 11.5. The molecule has 1 aromatic rings. The largest absolute Gasteiger partial charge is 0.375 e. The molecule has 4 nitrogen and oxygen atoms in total. The average Bonchev–Trinajstić information content (AvgIpc) is 2.14. The Labute approximate surface area is 100 Å². The first-order valence-corrected chi connectivity index (χ1v) is 5.41. The van der Waals surface area contributed by atoms with Crippen molar-refractivity contribution < 1.29 is 4.79 Å². The number of anilines is 1. The number of hydrogen-bond acceptors (Lipinski definition) is 3. The molecule has 0 aromatic carbocycles. The minimum Gasteiger partial charge on any atom is -0.375 e. The molecule has 0 aliphatic carbocycles. The van der Waals surface area contributed by atoms with Gasteiger partial charge in [0.25, 0.3) is 0 Å². The summed E-state index contributed by atoms with van der Waals surface area (Å²) in [7, 11) is 0. The fourth-order valence-corrected chi connectivity index (χ4v) is 1.34. The summed E-state index contributed by atoms with van der Waals surface area (Å²) in [5.74, 6) is -0.0691. The van der Waals surface area contributed by atoms with E-state index in [2.05, 4.69) is 15.6 Å². The van der Waals surface area contributed by atoms with Crippen LogP contribution in [0.4, 0.5) is 5.69 Å². The molecule has 0 radical (unpaired) electrons. The Morgan fingerprint density at radius 2 is 2.19 bits per heavy atom. The first-order valence-electron chi connectivity index (χ1n) is 5.03. The van der Waals surface area contributed by atoms with Gasteiger partial charge in [0.15, 0.2) is 0 Å². The number of amides is 1. The highest BCUT2D eigenvalue weighted by Gasteiger charge is 2.13. The molecule has 0 bridgehead atoms. The normalized spacial score (nSPS) is 11.0. The molecule has 16 heavy (non-hydrogen) atoms. The summed E-state index contributed by atoms with van der Waals surface area (Å²) < 4.78 is 0. The van der Waals surface area contributed by atoms with Crippen LogP contribution in [0.1, 0.15) is 20.8 Å². The molecule has 1 amide bonds. The number of nitrogens with one attached hydrogen (secondary N) is 2. The Morgan fingerprint density at radius 3 is 2.75 bits per heavy atom. The summed E-state index contributed by atoms with van der Waals surface area (Å²) in [6.45, 7) is 6.00. The van der Waals surface area contributed by atoms with Gasteiger partial charge >= 0.3 is 0 Å². The lowest BCUT2D eigenvalue weighted by molar-refractivity contribution is -0.120. The molecule has 0 atom stereocenters. The van der Waals surface area contributed by atoms with Crippen molar-refractivity contribution in [3.05, 3.63) is 23.5 Å². The summed E-state index contributed by atoms with van der Waals surface area (Å²) in [6.07, 6.45) is 3.15. The molecule has 0 saturated heterocycles. The van der Waals surface area contributed by atoms with E-state index in [9.17, 15) is 4.79 Å². The second kappa shape index (κ2) is 5.16. The number of carbonyl (C=O) groups excluding carboxylic acids is 1. The van der Waals surface area contributed by atoms with Gasteiger partial charge in [0.2, 0.25) is 5.91 Å². The quantitative estimate of drug-likeness (QED) is 0.852. The van der Waals surface area contributed by atoms with Gasteiger partial charge in [-0.2, -0.15) is 0 Å². The van der Waals surface area contributed by atoms with Crippen molar-refractivity contribution in [2.75, 3.05) is 11.9 Å². The van der Waals surface area contributed by atoms with Crippen molar-refractivity contribution in [1.82, 2.24) is 10.3 Å². The van der Waals surface area contributed by atoms with E-state index in [1.165, 1.54) is 6.20 Å². The van der Waals surface area contributed by atoms with E-state index in [1.54, 1.807) is 12.3 Å². The molecule has 5 heteroatoms. The molecular weight excluding hydrogens is 226 g/mol. The Hall–Kier alpha value is -1.29. The number of pyridine rings is 1. The molecule has 0 saturated carbocycles. The van der Waals surface area contributed by atoms with Crippen LogP contribution in [0.5, 0.6) is 0 Å². The summed E-state index contributed by atoms with van der Waals surface area (Å²) in [6, 6.07) is 1.73. The Bertz CT molecular complexity index is 374. The predicted octanol–water partition coefficient (Wildman–Crippen LogP) is 2.06. The zero-order valence-electron chi connectivity index (χ0n) is 9.67. The fourth-order valence-electron chi connectivity index (χ4n) is 1.16. The zero-order chi connectivity index (χ0) is 12.2. The van der Waals surface area contributed by atoms with Gasteiger partial charge in [0.05, 0.1) is 17.3 Å². The Morgan fingerprint density at radius 1 is 1.50 bits per heavy atom. The zero-order valence-corrected chi connectivity index (χ0v) is 10.4. The number of aromatic nitrogens is 1. The van der Waals surface area contributed by atoms with Gasteiger partial charge in [-0.25, -0.2) is 0 Å². The third-order valence-electron chi connectivity index (χ3n) is 1.73. The Kier molecular flexibility index (Phi) is 4.12. The highest BCUT2D eigenvalue weighted by molar-refractivity contribution is 6.33. The lowest BCUT2D eigenvalue weighted by Gasteiger charge is -2.20. The molecule has 0 spiro atoms. The number of carbonyl (C=O) groups is 1. The van der Waals surface area contributed by atoms with E-state index >= 15 is 0 Å². The molecule has 1 aromatic heterocycles. The summed E-state index contributed by atoms with van der Waals surface area (Å²) >= 11 is 5.88. The first-order chi connectivity index (χ1) is 7.38. The van der Waals surface area contributed by atoms with E-state index in [0.717, 1.165) is 0 Å². The molecule has 1 rings (SSSR count). The topological polar surface area (TPSA) is 54.0 Å².